The van der Waals surface area contributed by atoms with E-state index in [0.29, 0.717) is 30.9 Å². The molecule has 3 heterocycles. The minimum Gasteiger partial charge on any atom is -0.491 e. The molecule has 1 aromatic carbocycles. The van der Waals surface area contributed by atoms with E-state index in [4.69, 9.17) is 4.74 Å². The molecule has 0 spiro atoms. The molecule has 7 nitrogen and oxygen atoms in total. The van der Waals surface area contributed by atoms with Crippen LogP contribution in [0.5, 0.6) is 5.75 Å². The van der Waals surface area contributed by atoms with Crippen LogP contribution in [0.4, 0.5) is 5.82 Å². The number of anilines is 1. The van der Waals surface area contributed by atoms with Crippen molar-refractivity contribution in [3.05, 3.63) is 54.2 Å². The van der Waals surface area contributed by atoms with Crippen molar-refractivity contribution in [2.45, 2.75) is 31.7 Å². The minimum atomic E-state index is -0.129. The van der Waals surface area contributed by atoms with Crippen molar-refractivity contribution in [3.63, 3.8) is 0 Å². The van der Waals surface area contributed by atoms with Gasteiger partial charge in [-0.2, -0.15) is 0 Å². The highest BCUT2D eigenvalue weighted by molar-refractivity contribution is 5.97. The Morgan fingerprint density at radius 3 is 2.80 bits per heavy atom. The molecule has 0 radical (unpaired) electrons. The average molecular weight is 409 g/mol. The number of carbonyl (C=O) groups excluding carboxylic acids is 2. The molecular formula is C23H28N4O3. The number of hydrogen-bond donors (Lipinski definition) is 1. The number of rotatable bonds is 7. The van der Waals surface area contributed by atoms with Gasteiger partial charge in [0.1, 0.15) is 18.2 Å². The first-order valence-corrected chi connectivity index (χ1v) is 10.7. The van der Waals surface area contributed by atoms with Crippen LogP contribution in [-0.4, -0.2) is 60.5 Å². The fourth-order valence-electron chi connectivity index (χ4n) is 4.09. The molecule has 1 aromatic heterocycles. The summed E-state index contributed by atoms with van der Waals surface area (Å²) in [6.07, 6.45) is 5.27. The number of benzene rings is 1. The second kappa shape index (κ2) is 9.61. The van der Waals surface area contributed by atoms with Gasteiger partial charge >= 0.3 is 0 Å². The molecule has 2 amide bonds. The van der Waals surface area contributed by atoms with Gasteiger partial charge in [0.25, 0.3) is 5.91 Å². The second-order valence-electron chi connectivity index (χ2n) is 7.78. The van der Waals surface area contributed by atoms with Crippen molar-refractivity contribution in [2.24, 2.45) is 0 Å². The fourth-order valence-corrected chi connectivity index (χ4v) is 4.09. The monoisotopic (exact) mass is 408 g/mol. The molecule has 2 aromatic rings. The zero-order chi connectivity index (χ0) is 20.8. The molecule has 1 N–H and O–H groups in total. The Morgan fingerprint density at radius 1 is 1.13 bits per heavy atom. The molecule has 0 aliphatic carbocycles. The number of nitrogens with one attached hydrogen (secondary N) is 1. The summed E-state index contributed by atoms with van der Waals surface area (Å²) in [5, 5.41) is 3.16. The lowest BCUT2D eigenvalue weighted by Gasteiger charge is -2.34. The van der Waals surface area contributed by atoms with Gasteiger partial charge in [-0.25, -0.2) is 4.98 Å². The summed E-state index contributed by atoms with van der Waals surface area (Å²) in [4.78, 5) is 33.2. The van der Waals surface area contributed by atoms with Crippen molar-refractivity contribution < 1.29 is 14.3 Å². The van der Waals surface area contributed by atoms with Gasteiger partial charge in [-0.05, 0) is 43.5 Å². The molecular weight excluding hydrogens is 380 g/mol. The number of aromatic nitrogens is 1. The molecule has 1 atom stereocenters. The van der Waals surface area contributed by atoms with Gasteiger partial charge in [0.2, 0.25) is 5.91 Å². The topological polar surface area (TPSA) is 74.8 Å². The molecule has 1 unspecified atom stereocenters. The average Bonchev–Trinajstić information content (AvgIpc) is 3.19. The van der Waals surface area contributed by atoms with Crippen LogP contribution in [0.1, 0.15) is 36.0 Å². The lowest BCUT2D eigenvalue weighted by atomic mass is 10.0. The van der Waals surface area contributed by atoms with Crippen molar-refractivity contribution >= 4 is 17.6 Å². The number of piperidine rings is 1. The van der Waals surface area contributed by atoms with E-state index < -0.39 is 0 Å². The summed E-state index contributed by atoms with van der Waals surface area (Å²) in [6, 6.07) is 13.2. The highest BCUT2D eigenvalue weighted by Crippen LogP contribution is 2.21. The highest BCUT2D eigenvalue weighted by atomic mass is 16.5. The van der Waals surface area contributed by atoms with E-state index in [1.807, 2.05) is 41.3 Å². The molecule has 2 aliphatic heterocycles. The Kier molecular flexibility index (Phi) is 6.47. The third-order valence-electron chi connectivity index (χ3n) is 5.65. The molecule has 158 valence electrons. The second-order valence-corrected chi connectivity index (χ2v) is 7.78. The number of likely N-dealkylation sites (tertiary alicyclic amines) is 1. The Morgan fingerprint density at radius 2 is 2.00 bits per heavy atom. The van der Waals surface area contributed by atoms with Gasteiger partial charge in [0.05, 0.1) is 12.1 Å². The van der Waals surface area contributed by atoms with Crippen LogP contribution >= 0.6 is 0 Å². The molecule has 7 heteroatoms. The van der Waals surface area contributed by atoms with E-state index in [1.165, 1.54) is 0 Å². The first kappa shape index (κ1) is 20.2. The molecule has 2 aliphatic rings. The van der Waals surface area contributed by atoms with Crippen molar-refractivity contribution in [2.75, 3.05) is 37.7 Å². The summed E-state index contributed by atoms with van der Waals surface area (Å²) in [6.45, 7) is 3.41. The first-order valence-electron chi connectivity index (χ1n) is 10.7. The third-order valence-corrected chi connectivity index (χ3v) is 5.65. The normalized spacial score (nSPS) is 19.1. The number of pyridine rings is 1. The zero-order valence-electron chi connectivity index (χ0n) is 17.1. The van der Waals surface area contributed by atoms with Crippen LogP contribution in [0, 0.1) is 0 Å². The van der Waals surface area contributed by atoms with E-state index >= 15 is 0 Å². The van der Waals surface area contributed by atoms with Crippen molar-refractivity contribution in [1.82, 2.24) is 15.2 Å². The van der Waals surface area contributed by atoms with E-state index in [0.717, 1.165) is 44.7 Å². The largest absolute Gasteiger partial charge is 0.491 e. The Balaban J connectivity index is 1.34. The molecule has 0 bridgehead atoms. The molecule has 30 heavy (non-hydrogen) atoms. The Bertz CT molecular complexity index is 874. The minimum absolute atomic E-state index is 0.0588. The first-order chi connectivity index (χ1) is 14.7. The van der Waals surface area contributed by atoms with Gasteiger partial charge in [0.15, 0.2) is 0 Å². The van der Waals surface area contributed by atoms with Gasteiger partial charge in [-0.15, -0.1) is 0 Å². The maximum Gasteiger partial charge on any atom is 0.255 e. The quantitative estimate of drug-likeness (QED) is 0.762. The lowest BCUT2D eigenvalue weighted by molar-refractivity contribution is -0.128. The van der Waals surface area contributed by atoms with E-state index in [1.54, 1.807) is 12.3 Å². The standard InChI is InChI=1S/C23H28N4O3/c28-22-11-6-13-26(22)15-16-30-20-9-2-1-8-19(20)23(29)25-18-7-5-14-27(17-18)21-10-3-4-12-24-21/h1-4,8-10,12,18H,5-7,11,13-17H2,(H,25,29). The maximum absolute atomic E-state index is 13.0. The van der Waals surface area contributed by atoms with Crippen LogP contribution < -0.4 is 15.0 Å². The van der Waals surface area contributed by atoms with Gasteiger partial charge < -0.3 is 19.9 Å². The number of nitrogens with zero attached hydrogens (tertiary/aromatic N) is 3. The molecule has 4 rings (SSSR count). The van der Waals surface area contributed by atoms with Crippen LogP contribution in [0.2, 0.25) is 0 Å². The molecule has 0 saturated carbocycles. The number of amides is 2. The predicted octanol–water partition coefficient (Wildman–Crippen LogP) is 2.48. The lowest BCUT2D eigenvalue weighted by Crippen LogP contribution is -2.48. The number of para-hydroxylation sites is 1. The Labute approximate surface area is 177 Å². The van der Waals surface area contributed by atoms with Gasteiger partial charge in [0, 0.05) is 38.3 Å². The van der Waals surface area contributed by atoms with Crippen LogP contribution in [0.25, 0.3) is 0 Å². The number of carbonyl (C=O) groups is 2. The third kappa shape index (κ3) is 4.90. The maximum atomic E-state index is 13.0. The van der Waals surface area contributed by atoms with E-state index in [9.17, 15) is 9.59 Å². The van der Waals surface area contributed by atoms with Crippen LogP contribution in [0.3, 0.4) is 0 Å². The van der Waals surface area contributed by atoms with E-state index in [2.05, 4.69) is 15.2 Å². The summed E-state index contributed by atoms with van der Waals surface area (Å²) >= 11 is 0. The highest BCUT2D eigenvalue weighted by Gasteiger charge is 2.24. The van der Waals surface area contributed by atoms with Crippen molar-refractivity contribution in [1.29, 1.82) is 0 Å². The summed E-state index contributed by atoms with van der Waals surface area (Å²) in [5.74, 6) is 1.55. The van der Waals surface area contributed by atoms with E-state index in [-0.39, 0.29) is 17.9 Å². The number of ether oxygens (including phenoxy) is 1. The zero-order valence-corrected chi connectivity index (χ0v) is 17.1. The van der Waals surface area contributed by atoms with Crippen molar-refractivity contribution in [3.8, 4) is 5.75 Å². The number of hydrogen-bond acceptors (Lipinski definition) is 5. The summed E-state index contributed by atoms with van der Waals surface area (Å²) in [7, 11) is 0. The van der Waals surface area contributed by atoms with Crippen LogP contribution in [-0.2, 0) is 4.79 Å². The van der Waals surface area contributed by atoms with Crippen LogP contribution in [0.15, 0.2) is 48.7 Å². The smallest absolute Gasteiger partial charge is 0.255 e. The summed E-state index contributed by atoms with van der Waals surface area (Å²) < 4.78 is 5.87. The summed E-state index contributed by atoms with van der Waals surface area (Å²) in [5.41, 5.74) is 0.528. The van der Waals surface area contributed by atoms with Gasteiger partial charge in [-0.3, -0.25) is 9.59 Å². The van der Waals surface area contributed by atoms with Gasteiger partial charge in [-0.1, -0.05) is 18.2 Å². The SMILES string of the molecule is O=C(NC1CCCN(c2ccccn2)C1)c1ccccc1OCCN1CCCC1=O. The Hall–Kier alpha value is -3.09. The fraction of sp³-hybridized carbons (Fsp3) is 0.435. The molecule has 2 fully saturated rings. The predicted molar refractivity (Wildman–Crippen MR) is 115 cm³/mol. The molecule has 2 saturated heterocycles.